The highest BCUT2D eigenvalue weighted by Crippen LogP contribution is 2.17. The van der Waals surface area contributed by atoms with Gasteiger partial charge in [-0.05, 0) is 25.7 Å². The van der Waals surface area contributed by atoms with Crippen molar-refractivity contribution in [1.29, 1.82) is 0 Å². The third kappa shape index (κ3) is 2.27. The molecule has 3 atom stereocenters. The Bertz CT molecular complexity index is 215. The Balaban J connectivity index is 2.56. The molecule has 1 fully saturated rings. The highest BCUT2D eigenvalue weighted by Gasteiger charge is 2.34. The first-order valence-corrected chi connectivity index (χ1v) is 5.50. The van der Waals surface area contributed by atoms with Gasteiger partial charge in [-0.25, -0.2) is 0 Å². The van der Waals surface area contributed by atoms with E-state index in [0.717, 1.165) is 6.54 Å². The van der Waals surface area contributed by atoms with Crippen molar-refractivity contribution < 1.29 is 4.79 Å². The van der Waals surface area contributed by atoms with E-state index in [-0.39, 0.29) is 18.1 Å². The summed E-state index contributed by atoms with van der Waals surface area (Å²) in [5, 5.41) is 3.24. The first-order chi connectivity index (χ1) is 6.43. The van der Waals surface area contributed by atoms with Crippen LogP contribution in [0.25, 0.3) is 0 Å². The number of hydrogen-bond acceptors (Lipinski definition) is 2. The standard InChI is InChI=1S/C11H22N2O/c1-7(2)8(3)6-13-10(5)12-9(4)11(13)14/h7-10,12H,6H2,1-5H3. The van der Waals surface area contributed by atoms with Gasteiger partial charge in [0.05, 0.1) is 12.2 Å². The van der Waals surface area contributed by atoms with Crippen LogP contribution in [-0.2, 0) is 4.79 Å². The van der Waals surface area contributed by atoms with Gasteiger partial charge in [0, 0.05) is 6.54 Å². The molecule has 82 valence electrons. The maximum absolute atomic E-state index is 11.7. The van der Waals surface area contributed by atoms with E-state index in [4.69, 9.17) is 0 Å². The summed E-state index contributed by atoms with van der Waals surface area (Å²) in [5.74, 6) is 1.43. The third-order valence-corrected chi connectivity index (χ3v) is 3.23. The summed E-state index contributed by atoms with van der Waals surface area (Å²) in [7, 11) is 0. The van der Waals surface area contributed by atoms with E-state index in [0.29, 0.717) is 11.8 Å². The van der Waals surface area contributed by atoms with Crippen LogP contribution in [0.1, 0.15) is 34.6 Å². The average molecular weight is 198 g/mol. The lowest BCUT2D eigenvalue weighted by Crippen LogP contribution is -2.38. The normalized spacial score (nSPS) is 30.1. The van der Waals surface area contributed by atoms with E-state index in [2.05, 4.69) is 33.0 Å². The van der Waals surface area contributed by atoms with Gasteiger partial charge in [0.1, 0.15) is 0 Å². The minimum absolute atomic E-state index is 0.00985. The topological polar surface area (TPSA) is 32.3 Å². The minimum atomic E-state index is -0.00985. The molecule has 1 aliphatic rings. The van der Waals surface area contributed by atoms with Gasteiger partial charge in [-0.2, -0.15) is 0 Å². The lowest BCUT2D eigenvalue weighted by atomic mass is 9.97. The number of carbonyl (C=O) groups is 1. The maximum atomic E-state index is 11.7. The van der Waals surface area contributed by atoms with Crippen molar-refractivity contribution in [3.05, 3.63) is 0 Å². The second-order valence-corrected chi connectivity index (χ2v) is 4.78. The van der Waals surface area contributed by atoms with Gasteiger partial charge in [-0.3, -0.25) is 10.1 Å². The molecule has 0 spiro atoms. The van der Waals surface area contributed by atoms with Crippen molar-refractivity contribution in [1.82, 2.24) is 10.2 Å². The number of carbonyl (C=O) groups excluding carboxylic acids is 1. The summed E-state index contributed by atoms with van der Waals surface area (Å²) in [5.41, 5.74) is 0. The van der Waals surface area contributed by atoms with Gasteiger partial charge in [0.15, 0.2) is 0 Å². The Morgan fingerprint density at radius 3 is 2.29 bits per heavy atom. The fourth-order valence-electron chi connectivity index (χ4n) is 1.73. The van der Waals surface area contributed by atoms with Crippen molar-refractivity contribution in [2.24, 2.45) is 11.8 Å². The molecule has 0 aromatic heterocycles. The molecule has 1 saturated heterocycles. The van der Waals surface area contributed by atoms with Crippen LogP contribution >= 0.6 is 0 Å². The second-order valence-electron chi connectivity index (χ2n) is 4.78. The van der Waals surface area contributed by atoms with Gasteiger partial charge < -0.3 is 4.90 Å². The Morgan fingerprint density at radius 2 is 1.93 bits per heavy atom. The molecule has 0 bridgehead atoms. The minimum Gasteiger partial charge on any atom is -0.326 e. The predicted octanol–water partition coefficient (Wildman–Crippen LogP) is 1.44. The molecule has 0 saturated carbocycles. The molecular weight excluding hydrogens is 176 g/mol. The zero-order chi connectivity index (χ0) is 10.9. The molecule has 1 N–H and O–H groups in total. The van der Waals surface area contributed by atoms with Crippen LogP contribution in [0, 0.1) is 11.8 Å². The molecule has 0 radical (unpaired) electrons. The van der Waals surface area contributed by atoms with Crippen LogP contribution < -0.4 is 5.32 Å². The van der Waals surface area contributed by atoms with Crippen molar-refractivity contribution >= 4 is 5.91 Å². The Morgan fingerprint density at radius 1 is 1.36 bits per heavy atom. The lowest BCUT2D eigenvalue weighted by Gasteiger charge is -2.26. The molecule has 1 amide bonds. The van der Waals surface area contributed by atoms with Gasteiger partial charge in [-0.1, -0.05) is 20.8 Å². The van der Waals surface area contributed by atoms with Crippen molar-refractivity contribution in [2.75, 3.05) is 6.54 Å². The van der Waals surface area contributed by atoms with E-state index >= 15 is 0 Å². The van der Waals surface area contributed by atoms with Crippen LogP contribution in [-0.4, -0.2) is 29.6 Å². The molecule has 3 unspecified atom stereocenters. The Labute approximate surface area is 86.9 Å². The number of hydrogen-bond donors (Lipinski definition) is 1. The lowest BCUT2D eigenvalue weighted by molar-refractivity contribution is -0.130. The molecule has 0 aliphatic carbocycles. The van der Waals surface area contributed by atoms with Crippen LogP contribution in [0.3, 0.4) is 0 Å². The molecule has 3 heteroatoms. The Kier molecular flexibility index (Phi) is 3.53. The fourth-order valence-corrected chi connectivity index (χ4v) is 1.73. The molecule has 3 nitrogen and oxygen atoms in total. The van der Waals surface area contributed by atoms with Crippen LogP contribution in [0.2, 0.25) is 0 Å². The Hall–Kier alpha value is -0.570. The van der Waals surface area contributed by atoms with Crippen LogP contribution in [0.15, 0.2) is 0 Å². The van der Waals surface area contributed by atoms with Crippen LogP contribution in [0.5, 0.6) is 0 Å². The highest BCUT2D eigenvalue weighted by molar-refractivity contribution is 5.83. The number of amides is 1. The maximum Gasteiger partial charge on any atom is 0.240 e. The van der Waals surface area contributed by atoms with Gasteiger partial charge in [0.2, 0.25) is 5.91 Å². The van der Waals surface area contributed by atoms with Gasteiger partial charge in [-0.15, -0.1) is 0 Å². The number of rotatable bonds is 3. The monoisotopic (exact) mass is 198 g/mol. The largest absolute Gasteiger partial charge is 0.326 e. The predicted molar refractivity (Wildman–Crippen MR) is 57.8 cm³/mol. The molecule has 1 heterocycles. The summed E-state index contributed by atoms with van der Waals surface area (Å²) in [6, 6.07) is -0.00985. The molecule has 1 rings (SSSR count). The molecule has 1 aliphatic heterocycles. The van der Waals surface area contributed by atoms with Gasteiger partial charge >= 0.3 is 0 Å². The SMILES string of the molecule is CC1NC(C)N(CC(C)C(C)C)C1=O. The second kappa shape index (κ2) is 4.30. The molecule has 0 aromatic rings. The summed E-state index contributed by atoms with van der Waals surface area (Å²) in [6.07, 6.45) is 0.193. The average Bonchev–Trinajstić information content (AvgIpc) is 2.32. The van der Waals surface area contributed by atoms with E-state index < -0.39 is 0 Å². The number of nitrogens with one attached hydrogen (secondary N) is 1. The van der Waals surface area contributed by atoms with E-state index in [9.17, 15) is 4.79 Å². The number of nitrogens with zero attached hydrogens (tertiary/aromatic N) is 1. The van der Waals surface area contributed by atoms with Crippen molar-refractivity contribution in [2.45, 2.75) is 46.8 Å². The highest BCUT2D eigenvalue weighted by atomic mass is 16.2. The van der Waals surface area contributed by atoms with E-state index in [1.165, 1.54) is 0 Å². The fraction of sp³-hybridized carbons (Fsp3) is 0.909. The summed E-state index contributed by atoms with van der Waals surface area (Å²) < 4.78 is 0. The first kappa shape index (κ1) is 11.5. The van der Waals surface area contributed by atoms with Crippen molar-refractivity contribution in [3.63, 3.8) is 0 Å². The van der Waals surface area contributed by atoms with E-state index in [1.807, 2.05) is 11.8 Å². The third-order valence-electron chi connectivity index (χ3n) is 3.23. The summed E-state index contributed by atoms with van der Waals surface area (Å²) in [4.78, 5) is 13.7. The van der Waals surface area contributed by atoms with E-state index in [1.54, 1.807) is 0 Å². The quantitative estimate of drug-likeness (QED) is 0.744. The molecule has 14 heavy (non-hydrogen) atoms. The first-order valence-electron chi connectivity index (χ1n) is 5.50. The van der Waals surface area contributed by atoms with Crippen molar-refractivity contribution in [3.8, 4) is 0 Å². The van der Waals surface area contributed by atoms with Crippen LogP contribution in [0.4, 0.5) is 0 Å². The van der Waals surface area contributed by atoms with Gasteiger partial charge in [0.25, 0.3) is 0 Å². The zero-order valence-electron chi connectivity index (χ0n) is 9.87. The molecular formula is C11H22N2O. The molecule has 0 aromatic carbocycles. The summed E-state index contributed by atoms with van der Waals surface area (Å²) in [6.45, 7) is 11.5. The zero-order valence-corrected chi connectivity index (χ0v) is 9.87. The smallest absolute Gasteiger partial charge is 0.240 e. The summed E-state index contributed by atoms with van der Waals surface area (Å²) >= 11 is 0.